The second-order valence-corrected chi connectivity index (χ2v) is 7.15. The summed E-state index contributed by atoms with van der Waals surface area (Å²) in [6, 6.07) is 4.08. The third-order valence-corrected chi connectivity index (χ3v) is 5.01. The molecular weight excluding hydrogens is 314 g/mol. The fourth-order valence-electron chi connectivity index (χ4n) is 3.66. The zero-order valence-electron chi connectivity index (χ0n) is 15.5. The maximum absolute atomic E-state index is 12.7. The molecule has 0 radical (unpaired) electrons. The summed E-state index contributed by atoms with van der Waals surface area (Å²) in [4.78, 5) is 17.2. The van der Waals surface area contributed by atoms with E-state index in [9.17, 15) is 4.79 Å². The van der Waals surface area contributed by atoms with Crippen molar-refractivity contribution in [2.45, 2.75) is 71.4 Å². The molecule has 25 heavy (non-hydrogen) atoms. The molecule has 2 aromatic rings. The highest BCUT2D eigenvalue weighted by atomic mass is 16.5. The van der Waals surface area contributed by atoms with Gasteiger partial charge in [0.25, 0.3) is 5.91 Å². The first-order valence-corrected chi connectivity index (χ1v) is 9.46. The first-order valence-electron chi connectivity index (χ1n) is 9.46. The molecule has 1 amide bonds. The van der Waals surface area contributed by atoms with Crippen molar-refractivity contribution in [3.05, 3.63) is 35.3 Å². The Morgan fingerprint density at radius 3 is 3.00 bits per heavy atom. The third kappa shape index (κ3) is 4.21. The van der Waals surface area contributed by atoms with Crippen molar-refractivity contribution in [2.75, 3.05) is 6.61 Å². The molecule has 1 aliphatic rings. The zero-order valence-corrected chi connectivity index (χ0v) is 15.5. The Kier molecular flexibility index (Phi) is 5.74. The predicted octanol–water partition coefficient (Wildman–Crippen LogP) is 3.81. The molecule has 0 aromatic carbocycles. The number of carbonyl (C=O) groups is 1. The van der Waals surface area contributed by atoms with E-state index < -0.39 is 0 Å². The molecule has 5 nitrogen and oxygen atoms in total. The number of amides is 1. The Morgan fingerprint density at radius 1 is 1.36 bits per heavy atom. The van der Waals surface area contributed by atoms with Crippen LogP contribution in [0, 0.1) is 13.8 Å². The van der Waals surface area contributed by atoms with Crippen molar-refractivity contribution in [1.82, 2.24) is 14.7 Å². The number of hydrogen-bond acceptors (Lipinski definition) is 3. The van der Waals surface area contributed by atoms with Gasteiger partial charge in [0.1, 0.15) is 5.65 Å². The summed E-state index contributed by atoms with van der Waals surface area (Å²) in [6.07, 6.45) is 8.70. The van der Waals surface area contributed by atoms with Gasteiger partial charge in [-0.3, -0.25) is 4.79 Å². The number of nitrogens with one attached hydrogen (secondary N) is 1. The fraction of sp³-hybridized carbons (Fsp3) is 0.600. The van der Waals surface area contributed by atoms with E-state index in [-0.39, 0.29) is 18.1 Å². The van der Waals surface area contributed by atoms with Crippen LogP contribution in [-0.4, -0.2) is 34.0 Å². The standard InChI is InChI=1S/C20H29N3O2/c1-4-5-6-11-25-17-8-7-16(13-17)22-20(24)18-9-10-23-15(3)12-14(2)21-19(18)23/h9-10,12,16-17H,4-8,11,13H2,1-3H3,(H,22,24)/t16-,17+/m0/s1. The molecule has 0 aliphatic heterocycles. The van der Waals surface area contributed by atoms with Gasteiger partial charge in [0, 0.05) is 30.2 Å². The number of aromatic nitrogens is 2. The highest BCUT2D eigenvalue weighted by Crippen LogP contribution is 2.23. The van der Waals surface area contributed by atoms with Crippen LogP contribution in [0.4, 0.5) is 0 Å². The normalized spacial score (nSPS) is 20.3. The van der Waals surface area contributed by atoms with Crippen molar-refractivity contribution >= 4 is 11.6 Å². The number of hydrogen-bond donors (Lipinski definition) is 1. The molecule has 1 fully saturated rings. The van der Waals surface area contributed by atoms with Crippen LogP contribution in [0.1, 0.15) is 67.2 Å². The van der Waals surface area contributed by atoms with E-state index in [4.69, 9.17) is 4.74 Å². The van der Waals surface area contributed by atoms with Crippen LogP contribution in [-0.2, 0) is 4.74 Å². The molecule has 0 saturated heterocycles. The van der Waals surface area contributed by atoms with Gasteiger partial charge in [0.15, 0.2) is 0 Å². The van der Waals surface area contributed by atoms with Crippen molar-refractivity contribution in [3.8, 4) is 0 Å². The molecule has 136 valence electrons. The van der Waals surface area contributed by atoms with Crippen molar-refractivity contribution < 1.29 is 9.53 Å². The molecule has 1 aliphatic carbocycles. The van der Waals surface area contributed by atoms with Gasteiger partial charge in [-0.15, -0.1) is 0 Å². The van der Waals surface area contributed by atoms with Crippen LogP contribution >= 0.6 is 0 Å². The topological polar surface area (TPSA) is 55.6 Å². The summed E-state index contributed by atoms with van der Waals surface area (Å²) in [6.45, 7) is 7.02. The summed E-state index contributed by atoms with van der Waals surface area (Å²) < 4.78 is 7.91. The molecule has 2 aromatic heterocycles. The third-order valence-electron chi connectivity index (χ3n) is 5.01. The van der Waals surface area contributed by atoms with Crippen LogP contribution in [0.5, 0.6) is 0 Å². The van der Waals surface area contributed by atoms with E-state index in [2.05, 4.69) is 17.2 Å². The molecule has 0 unspecified atom stereocenters. The number of nitrogens with zero attached hydrogens (tertiary/aromatic N) is 2. The van der Waals surface area contributed by atoms with E-state index in [1.54, 1.807) is 0 Å². The lowest BCUT2D eigenvalue weighted by Gasteiger charge is -2.14. The number of unbranched alkanes of at least 4 members (excludes halogenated alkanes) is 2. The predicted molar refractivity (Wildman–Crippen MR) is 99.0 cm³/mol. The highest BCUT2D eigenvalue weighted by Gasteiger charge is 2.27. The lowest BCUT2D eigenvalue weighted by molar-refractivity contribution is 0.0540. The first-order chi connectivity index (χ1) is 12.1. The average molecular weight is 343 g/mol. The fourth-order valence-corrected chi connectivity index (χ4v) is 3.66. The molecule has 5 heteroatoms. The van der Waals surface area contributed by atoms with Crippen molar-refractivity contribution in [2.24, 2.45) is 0 Å². The smallest absolute Gasteiger partial charge is 0.255 e. The van der Waals surface area contributed by atoms with Gasteiger partial charge in [-0.1, -0.05) is 19.8 Å². The summed E-state index contributed by atoms with van der Waals surface area (Å²) >= 11 is 0. The lowest BCUT2D eigenvalue weighted by atomic mass is 10.2. The molecule has 1 N–H and O–H groups in total. The summed E-state index contributed by atoms with van der Waals surface area (Å²) in [7, 11) is 0. The molecular formula is C20H29N3O2. The Hall–Kier alpha value is -1.88. The zero-order chi connectivity index (χ0) is 17.8. The Morgan fingerprint density at radius 2 is 2.20 bits per heavy atom. The van der Waals surface area contributed by atoms with Gasteiger partial charge in [-0.25, -0.2) is 4.98 Å². The minimum absolute atomic E-state index is 0.0309. The monoisotopic (exact) mass is 343 g/mol. The maximum atomic E-state index is 12.7. The SMILES string of the molecule is CCCCCO[C@@H]1CC[C@H](NC(=O)c2ccn3c(C)cc(C)nc23)C1. The first kappa shape index (κ1) is 17.9. The van der Waals surface area contributed by atoms with E-state index >= 15 is 0 Å². The van der Waals surface area contributed by atoms with Gasteiger partial charge >= 0.3 is 0 Å². The molecule has 1 saturated carbocycles. The minimum Gasteiger partial charge on any atom is -0.378 e. The van der Waals surface area contributed by atoms with Gasteiger partial charge in [-0.2, -0.15) is 0 Å². The van der Waals surface area contributed by atoms with E-state index in [1.807, 2.05) is 36.6 Å². The van der Waals surface area contributed by atoms with Gasteiger partial charge in [0.05, 0.1) is 11.7 Å². The molecule has 2 atom stereocenters. The van der Waals surface area contributed by atoms with Gasteiger partial charge < -0.3 is 14.5 Å². The number of fused-ring (bicyclic) bond motifs is 1. The van der Waals surface area contributed by atoms with Gasteiger partial charge in [0.2, 0.25) is 0 Å². The minimum atomic E-state index is -0.0309. The summed E-state index contributed by atoms with van der Waals surface area (Å²) in [5.74, 6) is -0.0309. The number of carbonyl (C=O) groups excluding carboxylic acids is 1. The maximum Gasteiger partial charge on any atom is 0.255 e. The second-order valence-electron chi connectivity index (χ2n) is 7.15. The summed E-state index contributed by atoms with van der Waals surface area (Å²) in [5.41, 5.74) is 3.40. The number of aryl methyl sites for hydroxylation is 2. The van der Waals surface area contributed by atoms with E-state index in [0.717, 1.165) is 49.3 Å². The van der Waals surface area contributed by atoms with Gasteiger partial charge in [-0.05, 0) is 51.7 Å². The molecule has 2 heterocycles. The second kappa shape index (κ2) is 8.00. The Bertz CT molecular complexity index is 738. The molecule has 3 rings (SSSR count). The number of rotatable bonds is 7. The Labute approximate surface area is 149 Å². The largest absolute Gasteiger partial charge is 0.378 e. The van der Waals surface area contributed by atoms with Crippen LogP contribution in [0.15, 0.2) is 18.3 Å². The summed E-state index contributed by atoms with van der Waals surface area (Å²) in [5, 5.41) is 3.17. The van der Waals surface area contributed by atoms with Crippen LogP contribution in [0.2, 0.25) is 0 Å². The van der Waals surface area contributed by atoms with Crippen LogP contribution < -0.4 is 5.32 Å². The lowest BCUT2D eigenvalue weighted by Crippen LogP contribution is -2.33. The van der Waals surface area contributed by atoms with Crippen molar-refractivity contribution in [3.63, 3.8) is 0 Å². The number of ether oxygens (including phenoxy) is 1. The molecule has 0 spiro atoms. The van der Waals surface area contributed by atoms with Crippen LogP contribution in [0.25, 0.3) is 5.65 Å². The van der Waals surface area contributed by atoms with E-state index in [0.29, 0.717) is 5.56 Å². The Balaban J connectivity index is 1.58. The molecule has 0 bridgehead atoms. The van der Waals surface area contributed by atoms with Crippen molar-refractivity contribution in [1.29, 1.82) is 0 Å². The highest BCUT2D eigenvalue weighted by molar-refractivity contribution is 6.00. The van der Waals surface area contributed by atoms with Crippen LogP contribution in [0.3, 0.4) is 0 Å². The van der Waals surface area contributed by atoms with E-state index in [1.165, 1.54) is 12.8 Å². The average Bonchev–Trinajstić information content (AvgIpc) is 3.18. The quantitative estimate of drug-likeness (QED) is 0.778.